The van der Waals surface area contributed by atoms with E-state index in [0.29, 0.717) is 25.9 Å². The van der Waals surface area contributed by atoms with E-state index in [1.807, 2.05) is 17.0 Å². The molecule has 2 amide bonds. The normalized spacial score (nSPS) is 16.4. The molecule has 0 saturated carbocycles. The van der Waals surface area contributed by atoms with Crippen molar-refractivity contribution in [3.8, 4) is 0 Å². The molecule has 19 heavy (non-hydrogen) atoms. The van der Waals surface area contributed by atoms with Crippen LogP contribution in [0.3, 0.4) is 0 Å². The van der Waals surface area contributed by atoms with Gasteiger partial charge in [0.2, 0.25) is 11.8 Å². The van der Waals surface area contributed by atoms with Crippen LogP contribution < -0.4 is 5.32 Å². The van der Waals surface area contributed by atoms with Crippen molar-refractivity contribution in [1.82, 2.24) is 10.2 Å². The number of hydrogen-bond acceptors (Lipinski definition) is 3. The molecule has 1 fully saturated rings. The van der Waals surface area contributed by atoms with Crippen LogP contribution in [-0.4, -0.2) is 36.9 Å². The van der Waals surface area contributed by atoms with Crippen LogP contribution in [0, 0.1) is 5.92 Å². The predicted octanol–water partition coefficient (Wildman–Crippen LogP) is 1.20. The lowest BCUT2D eigenvalue weighted by atomic mass is 9.95. The highest BCUT2D eigenvalue weighted by Crippen LogP contribution is 2.18. The number of aryl methyl sites for hydroxylation is 1. The van der Waals surface area contributed by atoms with Gasteiger partial charge in [-0.15, -0.1) is 0 Å². The number of carbonyl (C=O) groups is 2. The minimum atomic E-state index is 0.0547. The van der Waals surface area contributed by atoms with E-state index in [1.54, 1.807) is 13.3 Å². The summed E-state index contributed by atoms with van der Waals surface area (Å²) in [5, 5.41) is 2.67. The van der Waals surface area contributed by atoms with Crippen molar-refractivity contribution in [2.45, 2.75) is 25.7 Å². The van der Waals surface area contributed by atoms with Crippen molar-refractivity contribution in [1.29, 1.82) is 0 Å². The van der Waals surface area contributed by atoms with Gasteiger partial charge in [0.05, 0.1) is 6.26 Å². The van der Waals surface area contributed by atoms with E-state index in [-0.39, 0.29) is 17.7 Å². The van der Waals surface area contributed by atoms with Gasteiger partial charge in [-0.05, 0) is 25.0 Å². The molecule has 5 nitrogen and oxygen atoms in total. The zero-order valence-electron chi connectivity index (χ0n) is 11.2. The predicted molar refractivity (Wildman–Crippen MR) is 70.4 cm³/mol. The molecule has 1 aliphatic rings. The fraction of sp³-hybridized carbons (Fsp3) is 0.571. The van der Waals surface area contributed by atoms with Gasteiger partial charge in [-0.25, -0.2) is 0 Å². The van der Waals surface area contributed by atoms with Crippen molar-refractivity contribution >= 4 is 11.8 Å². The summed E-state index contributed by atoms with van der Waals surface area (Å²) in [4.78, 5) is 25.4. The highest BCUT2D eigenvalue weighted by Gasteiger charge is 2.26. The smallest absolute Gasteiger partial charge is 0.223 e. The second kappa shape index (κ2) is 6.41. The number of furan rings is 1. The Morgan fingerprint density at radius 1 is 1.42 bits per heavy atom. The van der Waals surface area contributed by atoms with Gasteiger partial charge in [0.15, 0.2) is 0 Å². The van der Waals surface area contributed by atoms with E-state index in [9.17, 15) is 9.59 Å². The minimum Gasteiger partial charge on any atom is -0.469 e. The Balaban J connectivity index is 1.74. The van der Waals surface area contributed by atoms with Crippen molar-refractivity contribution < 1.29 is 14.0 Å². The molecule has 0 spiro atoms. The molecule has 1 aromatic heterocycles. The molecular formula is C14H20N2O3. The number of carbonyl (C=O) groups excluding carboxylic acids is 2. The van der Waals surface area contributed by atoms with Crippen molar-refractivity contribution in [2.24, 2.45) is 5.92 Å². The maximum Gasteiger partial charge on any atom is 0.223 e. The molecule has 2 heterocycles. The third-order valence-electron chi connectivity index (χ3n) is 3.63. The number of likely N-dealkylation sites (tertiary alicyclic amines) is 1. The van der Waals surface area contributed by atoms with Gasteiger partial charge in [-0.1, -0.05) is 0 Å². The Hall–Kier alpha value is -1.78. The highest BCUT2D eigenvalue weighted by atomic mass is 16.3. The molecule has 0 bridgehead atoms. The number of nitrogens with zero attached hydrogens (tertiary/aromatic N) is 1. The second-order valence-electron chi connectivity index (χ2n) is 4.85. The fourth-order valence-corrected chi connectivity index (χ4v) is 2.44. The molecule has 1 N–H and O–H groups in total. The lowest BCUT2D eigenvalue weighted by Crippen LogP contribution is -2.42. The summed E-state index contributed by atoms with van der Waals surface area (Å²) in [5.74, 6) is 1.13. The summed E-state index contributed by atoms with van der Waals surface area (Å²) in [6, 6.07) is 3.71. The lowest BCUT2D eigenvalue weighted by molar-refractivity contribution is -0.135. The highest BCUT2D eigenvalue weighted by molar-refractivity contribution is 5.79. The molecule has 0 unspecified atom stereocenters. The van der Waals surface area contributed by atoms with E-state index >= 15 is 0 Å². The van der Waals surface area contributed by atoms with Gasteiger partial charge in [0, 0.05) is 38.9 Å². The van der Waals surface area contributed by atoms with E-state index < -0.39 is 0 Å². The third kappa shape index (κ3) is 3.59. The maximum absolute atomic E-state index is 12.0. The van der Waals surface area contributed by atoms with Crippen LogP contribution in [-0.2, 0) is 16.0 Å². The first-order valence-corrected chi connectivity index (χ1v) is 6.72. The molecular weight excluding hydrogens is 244 g/mol. The van der Waals surface area contributed by atoms with Gasteiger partial charge >= 0.3 is 0 Å². The Morgan fingerprint density at radius 3 is 2.74 bits per heavy atom. The molecule has 1 saturated heterocycles. The average molecular weight is 264 g/mol. The molecule has 104 valence electrons. The molecule has 1 aromatic rings. The van der Waals surface area contributed by atoms with E-state index in [4.69, 9.17) is 4.42 Å². The quantitative estimate of drug-likeness (QED) is 0.888. The van der Waals surface area contributed by atoms with Crippen LogP contribution in [0.25, 0.3) is 0 Å². The van der Waals surface area contributed by atoms with E-state index in [0.717, 1.165) is 18.6 Å². The molecule has 0 aromatic carbocycles. The Bertz CT molecular complexity index is 420. The monoisotopic (exact) mass is 264 g/mol. The van der Waals surface area contributed by atoms with Crippen molar-refractivity contribution in [3.63, 3.8) is 0 Å². The van der Waals surface area contributed by atoms with Crippen LogP contribution in [0.5, 0.6) is 0 Å². The molecule has 0 aliphatic carbocycles. The number of rotatable bonds is 4. The Labute approximate surface area is 113 Å². The van der Waals surface area contributed by atoms with Crippen LogP contribution in [0.4, 0.5) is 0 Å². The van der Waals surface area contributed by atoms with Crippen LogP contribution in [0.1, 0.15) is 25.0 Å². The minimum absolute atomic E-state index is 0.0547. The standard InChI is InChI=1S/C14H20N2O3/c1-15-14(18)11-6-8-16(9-7-11)13(17)5-4-12-3-2-10-19-12/h2-3,10-11H,4-9H2,1H3,(H,15,18). The first kappa shape index (κ1) is 13.6. The van der Waals surface area contributed by atoms with E-state index in [2.05, 4.69) is 5.32 Å². The molecule has 2 rings (SSSR count). The Morgan fingerprint density at radius 2 is 2.16 bits per heavy atom. The largest absolute Gasteiger partial charge is 0.469 e. The molecule has 1 aliphatic heterocycles. The van der Waals surface area contributed by atoms with Gasteiger partial charge in [-0.2, -0.15) is 0 Å². The second-order valence-corrected chi connectivity index (χ2v) is 4.85. The van der Waals surface area contributed by atoms with Gasteiger partial charge in [0.1, 0.15) is 5.76 Å². The topological polar surface area (TPSA) is 62.6 Å². The number of amides is 2. The van der Waals surface area contributed by atoms with E-state index in [1.165, 1.54) is 0 Å². The number of piperidine rings is 1. The van der Waals surface area contributed by atoms with Crippen LogP contribution in [0.2, 0.25) is 0 Å². The van der Waals surface area contributed by atoms with Crippen LogP contribution >= 0.6 is 0 Å². The summed E-state index contributed by atoms with van der Waals surface area (Å²) in [6.45, 7) is 1.35. The summed E-state index contributed by atoms with van der Waals surface area (Å²) in [7, 11) is 1.66. The molecule has 0 atom stereocenters. The third-order valence-corrected chi connectivity index (χ3v) is 3.63. The summed E-state index contributed by atoms with van der Waals surface area (Å²) in [6.07, 6.45) is 4.24. The number of hydrogen-bond donors (Lipinski definition) is 1. The first-order valence-electron chi connectivity index (χ1n) is 6.72. The Kier molecular flexibility index (Phi) is 4.60. The fourth-order valence-electron chi connectivity index (χ4n) is 2.44. The lowest BCUT2D eigenvalue weighted by Gasteiger charge is -2.31. The molecule has 5 heteroatoms. The zero-order valence-corrected chi connectivity index (χ0v) is 11.2. The zero-order chi connectivity index (χ0) is 13.7. The summed E-state index contributed by atoms with van der Waals surface area (Å²) >= 11 is 0. The van der Waals surface area contributed by atoms with Gasteiger partial charge < -0.3 is 14.6 Å². The maximum atomic E-state index is 12.0. The van der Waals surface area contributed by atoms with Crippen LogP contribution in [0.15, 0.2) is 22.8 Å². The number of nitrogens with one attached hydrogen (secondary N) is 1. The average Bonchev–Trinajstić information content (AvgIpc) is 2.97. The van der Waals surface area contributed by atoms with Crippen molar-refractivity contribution in [3.05, 3.63) is 24.2 Å². The van der Waals surface area contributed by atoms with Gasteiger partial charge in [-0.3, -0.25) is 9.59 Å². The summed E-state index contributed by atoms with van der Waals surface area (Å²) < 4.78 is 5.21. The van der Waals surface area contributed by atoms with Crippen molar-refractivity contribution in [2.75, 3.05) is 20.1 Å². The SMILES string of the molecule is CNC(=O)C1CCN(C(=O)CCc2ccco2)CC1. The molecule has 0 radical (unpaired) electrons. The first-order chi connectivity index (χ1) is 9.20. The van der Waals surface area contributed by atoms with Gasteiger partial charge in [0.25, 0.3) is 0 Å². The summed E-state index contributed by atoms with van der Waals surface area (Å²) in [5.41, 5.74) is 0.